The zero-order valence-electron chi connectivity index (χ0n) is 11.3. The molecule has 0 spiro atoms. The van der Waals surface area contributed by atoms with Crippen LogP contribution in [0, 0.1) is 11.3 Å². The molecule has 21 heavy (non-hydrogen) atoms. The highest BCUT2D eigenvalue weighted by atomic mass is 16.5. The number of para-hydroxylation sites is 2. The van der Waals surface area contributed by atoms with E-state index in [2.05, 4.69) is 11.1 Å². The van der Waals surface area contributed by atoms with Crippen LogP contribution in [0.1, 0.15) is 11.1 Å². The van der Waals surface area contributed by atoms with Crippen LogP contribution in [0.3, 0.4) is 0 Å². The van der Waals surface area contributed by atoms with E-state index in [9.17, 15) is 0 Å². The zero-order chi connectivity index (χ0) is 14.7. The van der Waals surface area contributed by atoms with Gasteiger partial charge in [-0.1, -0.05) is 30.3 Å². The summed E-state index contributed by atoms with van der Waals surface area (Å²) in [6.07, 6.45) is 0. The van der Waals surface area contributed by atoms with E-state index < -0.39 is 0 Å². The minimum Gasteiger partial charge on any atom is -0.487 e. The molecule has 0 saturated heterocycles. The highest BCUT2D eigenvalue weighted by Gasteiger charge is 2.07. The number of fused-ring (bicyclic) bond motifs is 1. The second-order valence-electron chi connectivity index (χ2n) is 4.62. The summed E-state index contributed by atoms with van der Waals surface area (Å²) >= 11 is 0. The van der Waals surface area contributed by atoms with Gasteiger partial charge in [-0.2, -0.15) is 5.26 Å². The summed E-state index contributed by atoms with van der Waals surface area (Å²) in [5.41, 5.74) is 8.13. The van der Waals surface area contributed by atoms with Crippen LogP contribution in [0.2, 0.25) is 0 Å². The first-order chi connectivity index (χ1) is 10.3. The lowest BCUT2D eigenvalue weighted by Crippen LogP contribution is -2.03. The van der Waals surface area contributed by atoms with Gasteiger partial charge >= 0.3 is 0 Å². The Bertz CT molecular complexity index is 837. The number of hydrogen-bond acceptors (Lipinski definition) is 4. The molecule has 0 aliphatic heterocycles. The molecule has 0 atom stereocenters. The number of nitriles is 1. The summed E-state index contributed by atoms with van der Waals surface area (Å²) in [4.78, 5) is 4.36. The fourth-order valence-corrected chi connectivity index (χ4v) is 2.13. The normalized spacial score (nSPS) is 10.2. The number of ether oxygens (including phenoxy) is 1. The van der Waals surface area contributed by atoms with Crippen LogP contribution in [-0.2, 0) is 6.61 Å². The van der Waals surface area contributed by atoms with E-state index in [-0.39, 0.29) is 6.61 Å². The Balaban J connectivity index is 1.88. The number of hydrogen-bond donors (Lipinski definition) is 1. The molecule has 4 nitrogen and oxygen atoms in total. The quantitative estimate of drug-likeness (QED) is 0.796. The van der Waals surface area contributed by atoms with E-state index in [0.29, 0.717) is 17.1 Å². The molecule has 0 radical (unpaired) electrons. The van der Waals surface area contributed by atoms with Crippen molar-refractivity contribution in [1.29, 1.82) is 5.26 Å². The Kier molecular flexibility index (Phi) is 3.40. The molecule has 0 amide bonds. The van der Waals surface area contributed by atoms with E-state index in [1.807, 2.05) is 36.4 Å². The molecule has 2 N–H and O–H groups in total. The Morgan fingerprint density at radius 1 is 1.10 bits per heavy atom. The molecule has 4 heteroatoms. The smallest absolute Gasteiger partial charge is 0.137 e. The average Bonchev–Trinajstić information content (AvgIpc) is 2.53. The van der Waals surface area contributed by atoms with Crippen LogP contribution < -0.4 is 10.5 Å². The summed E-state index contributed by atoms with van der Waals surface area (Å²) in [5, 5.41) is 10.1. The summed E-state index contributed by atoms with van der Waals surface area (Å²) in [6.45, 7) is 0.280. The minimum atomic E-state index is 0.280. The van der Waals surface area contributed by atoms with Crippen molar-refractivity contribution in [1.82, 2.24) is 4.98 Å². The molecular weight excluding hydrogens is 262 g/mol. The van der Waals surface area contributed by atoms with Crippen LogP contribution in [0.4, 0.5) is 5.82 Å². The Labute approximate surface area is 122 Å². The predicted molar refractivity (Wildman–Crippen MR) is 81.6 cm³/mol. The van der Waals surface area contributed by atoms with Crippen LogP contribution in [0.15, 0.2) is 54.6 Å². The highest BCUT2D eigenvalue weighted by Crippen LogP contribution is 2.22. The summed E-state index contributed by atoms with van der Waals surface area (Å²) in [7, 11) is 0. The van der Waals surface area contributed by atoms with Crippen LogP contribution in [0.5, 0.6) is 5.75 Å². The number of nitrogens with zero attached hydrogens (tertiary/aromatic N) is 2. The number of nitrogens with two attached hydrogens (primary N) is 1. The van der Waals surface area contributed by atoms with E-state index in [1.165, 1.54) is 0 Å². The van der Waals surface area contributed by atoms with E-state index in [4.69, 9.17) is 15.7 Å². The lowest BCUT2D eigenvalue weighted by atomic mass is 10.1. The fourth-order valence-electron chi connectivity index (χ4n) is 2.13. The van der Waals surface area contributed by atoms with Gasteiger partial charge in [-0.3, -0.25) is 0 Å². The molecule has 0 unspecified atom stereocenters. The molecular formula is C17H13N3O. The number of nitrogen functional groups attached to an aromatic ring is 1. The molecule has 1 aromatic heterocycles. The SMILES string of the molecule is N#Cc1ccccc1OCc1cc2ccccc2nc1N. The van der Waals surface area contributed by atoms with Crippen LogP contribution in [-0.4, -0.2) is 4.98 Å². The van der Waals surface area contributed by atoms with Gasteiger partial charge in [0.15, 0.2) is 0 Å². The fraction of sp³-hybridized carbons (Fsp3) is 0.0588. The van der Waals surface area contributed by atoms with Crippen molar-refractivity contribution in [3.05, 3.63) is 65.7 Å². The maximum absolute atomic E-state index is 9.04. The Morgan fingerprint density at radius 2 is 1.86 bits per heavy atom. The van der Waals surface area contributed by atoms with Crippen LogP contribution in [0.25, 0.3) is 10.9 Å². The van der Waals surface area contributed by atoms with Gasteiger partial charge in [0, 0.05) is 10.9 Å². The minimum absolute atomic E-state index is 0.280. The molecule has 1 heterocycles. The molecule has 102 valence electrons. The second kappa shape index (κ2) is 5.51. The third kappa shape index (κ3) is 2.63. The topological polar surface area (TPSA) is 71.9 Å². The van der Waals surface area contributed by atoms with Gasteiger partial charge < -0.3 is 10.5 Å². The van der Waals surface area contributed by atoms with Crippen LogP contribution >= 0.6 is 0 Å². The largest absolute Gasteiger partial charge is 0.487 e. The van der Waals surface area contributed by atoms with Gasteiger partial charge in [-0.15, -0.1) is 0 Å². The van der Waals surface area contributed by atoms with Crippen molar-refractivity contribution < 1.29 is 4.74 Å². The second-order valence-corrected chi connectivity index (χ2v) is 4.62. The molecule has 2 aromatic carbocycles. The summed E-state index contributed by atoms with van der Waals surface area (Å²) in [6, 6.07) is 19.0. The first-order valence-corrected chi connectivity index (χ1v) is 6.54. The molecule has 3 rings (SSSR count). The summed E-state index contributed by atoms with van der Waals surface area (Å²) < 4.78 is 5.70. The molecule has 0 saturated carbocycles. The lowest BCUT2D eigenvalue weighted by Gasteiger charge is -2.10. The number of pyridine rings is 1. The predicted octanol–water partition coefficient (Wildman–Crippen LogP) is 3.27. The van der Waals surface area contributed by atoms with E-state index in [1.54, 1.807) is 18.2 Å². The first-order valence-electron chi connectivity index (χ1n) is 6.54. The molecule has 0 aliphatic carbocycles. The third-order valence-corrected chi connectivity index (χ3v) is 3.23. The number of anilines is 1. The standard InChI is InChI=1S/C17H13N3O/c18-10-13-6-2-4-8-16(13)21-11-14-9-12-5-1-3-7-15(12)20-17(14)19/h1-9H,11H2,(H2,19,20). The van der Waals surface area contributed by atoms with Gasteiger partial charge in [0.05, 0.1) is 11.1 Å². The Hall–Kier alpha value is -3.06. The number of rotatable bonds is 3. The average molecular weight is 275 g/mol. The van der Waals surface area contributed by atoms with Gasteiger partial charge in [-0.05, 0) is 24.3 Å². The van der Waals surface area contributed by atoms with Crippen molar-refractivity contribution in [2.75, 3.05) is 5.73 Å². The monoisotopic (exact) mass is 275 g/mol. The molecule has 0 bridgehead atoms. The lowest BCUT2D eigenvalue weighted by molar-refractivity contribution is 0.306. The zero-order valence-corrected chi connectivity index (χ0v) is 11.3. The Morgan fingerprint density at radius 3 is 2.71 bits per heavy atom. The van der Waals surface area contributed by atoms with Crippen molar-refractivity contribution >= 4 is 16.7 Å². The van der Waals surface area contributed by atoms with Crippen molar-refractivity contribution in [2.24, 2.45) is 0 Å². The van der Waals surface area contributed by atoms with E-state index >= 15 is 0 Å². The molecule has 0 aliphatic rings. The van der Waals surface area contributed by atoms with Gasteiger partial charge in [0.25, 0.3) is 0 Å². The van der Waals surface area contributed by atoms with Gasteiger partial charge in [0.2, 0.25) is 0 Å². The number of benzene rings is 2. The number of aromatic nitrogens is 1. The van der Waals surface area contributed by atoms with Crippen molar-refractivity contribution in [3.8, 4) is 11.8 Å². The van der Waals surface area contributed by atoms with E-state index in [0.717, 1.165) is 16.5 Å². The van der Waals surface area contributed by atoms with Gasteiger partial charge in [-0.25, -0.2) is 4.98 Å². The van der Waals surface area contributed by atoms with Gasteiger partial charge in [0.1, 0.15) is 24.2 Å². The summed E-state index contributed by atoms with van der Waals surface area (Å²) in [5.74, 6) is 0.996. The van der Waals surface area contributed by atoms with Crippen molar-refractivity contribution in [3.63, 3.8) is 0 Å². The van der Waals surface area contributed by atoms with Crippen molar-refractivity contribution in [2.45, 2.75) is 6.61 Å². The third-order valence-electron chi connectivity index (χ3n) is 3.23. The molecule has 0 fully saturated rings. The highest BCUT2D eigenvalue weighted by molar-refractivity contribution is 5.81. The first kappa shape index (κ1) is 12.9. The maximum atomic E-state index is 9.04. The molecule has 3 aromatic rings. The maximum Gasteiger partial charge on any atom is 0.137 e.